The summed E-state index contributed by atoms with van der Waals surface area (Å²) < 4.78 is 12.4. The fourth-order valence-corrected chi connectivity index (χ4v) is 5.33. The number of aryl methyl sites for hydroxylation is 1. The van der Waals surface area contributed by atoms with E-state index in [2.05, 4.69) is 52.3 Å². The Morgan fingerprint density at radius 3 is 2.47 bits per heavy atom. The monoisotopic (exact) mass is 616 g/mol. The number of halogens is 1. The molecule has 186 valence electrons. The Balaban J connectivity index is 1.45. The maximum Gasteiger partial charge on any atom is 0.335 e. The van der Waals surface area contributed by atoms with Gasteiger partial charge in [0, 0.05) is 5.69 Å². The number of aromatic carboxylic acids is 1. The molecule has 1 saturated heterocycles. The smallest absolute Gasteiger partial charge is 0.335 e. The molecule has 36 heavy (non-hydrogen) atoms. The Kier molecular flexibility index (Phi) is 8.42. The fraction of sp³-hybridized carbons (Fsp3) is 0.185. The molecule has 0 saturated carbocycles. The van der Waals surface area contributed by atoms with E-state index in [4.69, 9.17) is 14.6 Å². The van der Waals surface area contributed by atoms with Gasteiger partial charge in [0.05, 0.1) is 21.1 Å². The second-order valence-electron chi connectivity index (χ2n) is 8.00. The molecule has 0 radical (unpaired) electrons. The molecule has 1 atom stereocenters. The van der Waals surface area contributed by atoms with Crippen molar-refractivity contribution in [2.45, 2.75) is 25.4 Å². The fourth-order valence-electron chi connectivity index (χ4n) is 3.57. The first kappa shape index (κ1) is 25.9. The Hall–Kier alpha value is -3.18. The van der Waals surface area contributed by atoms with Gasteiger partial charge in [-0.25, -0.2) is 4.79 Å². The molecular formula is C27H25IN2O5S. The second kappa shape index (κ2) is 11.7. The van der Waals surface area contributed by atoms with E-state index < -0.39 is 5.97 Å². The highest BCUT2D eigenvalue weighted by molar-refractivity contribution is 14.1. The van der Waals surface area contributed by atoms with Gasteiger partial charge in [0.1, 0.15) is 6.61 Å². The minimum atomic E-state index is -0.967. The molecule has 1 amide bonds. The highest BCUT2D eigenvalue weighted by atomic mass is 127. The molecule has 1 fully saturated rings. The van der Waals surface area contributed by atoms with E-state index >= 15 is 0 Å². The van der Waals surface area contributed by atoms with E-state index in [1.165, 1.54) is 17.3 Å². The van der Waals surface area contributed by atoms with Crippen molar-refractivity contribution in [3.8, 4) is 11.5 Å². The molecule has 3 N–H and O–H groups in total. The normalized spacial score (nSPS) is 16.0. The molecule has 0 aliphatic carbocycles. The number of rotatable bonds is 9. The summed E-state index contributed by atoms with van der Waals surface area (Å²) in [6.45, 7) is 2.38. The number of benzene rings is 3. The third-order valence-corrected chi connectivity index (χ3v) is 7.35. The van der Waals surface area contributed by atoms with Gasteiger partial charge >= 0.3 is 5.97 Å². The standard InChI is InChI=1S/C27H25IN2O5S/c1-3-16-6-10-20(11-7-16)29-27-30-25(31)23(36-27)14-18-12-21(28)24(22(13-18)34-2)35-15-17-4-8-19(9-5-17)26(32)33/h4-14,27,29H,3,15H2,1-2H3,(H,30,31)(H,32,33)/b23-14-/t27-/m0/s1. The first-order valence-corrected chi connectivity index (χ1v) is 13.2. The van der Waals surface area contributed by atoms with Crippen molar-refractivity contribution >= 4 is 58.0 Å². The van der Waals surface area contributed by atoms with E-state index in [0.29, 0.717) is 16.4 Å². The van der Waals surface area contributed by atoms with Crippen LogP contribution in [0.5, 0.6) is 11.5 Å². The van der Waals surface area contributed by atoms with Crippen molar-refractivity contribution in [1.29, 1.82) is 0 Å². The number of methoxy groups -OCH3 is 1. The highest BCUT2D eigenvalue weighted by Gasteiger charge is 2.27. The molecule has 0 bridgehead atoms. The summed E-state index contributed by atoms with van der Waals surface area (Å²) in [7, 11) is 1.57. The first-order chi connectivity index (χ1) is 17.4. The zero-order valence-electron chi connectivity index (χ0n) is 19.7. The minimum absolute atomic E-state index is 0.137. The third kappa shape index (κ3) is 6.33. The Morgan fingerprint density at radius 2 is 1.83 bits per heavy atom. The molecule has 1 heterocycles. The number of thioether (sulfide) groups is 1. The van der Waals surface area contributed by atoms with Gasteiger partial charge in [-0.05, 0) is 88.2 Å². The molecule has 0 aromatic heterocycles. The Morgan fingerprint density at radius 1 is 1.14 bits per heavy atom. The predicted molar refractivity (Wildman–Crippen MR) is 150 cm³/mol. The van der Waals surface area contributed by atoms with Crippen LogP contribution in [0, 0.1) is 3.57 Å². The summed E-state index contributed by atoms with van der Waals surface area (Å²) in [4.78, 5) is 24.2. The number of hydrogen-bond acceptors (Lipinski definition) is 6. The number of anilines is 1. The molecule has 0 unspecified atom stereocenters. The van der Waals surface area contributed by atoms with Gasteiger partial charge in [-0.3, -0.25) is 4.79 Å². The van der Waals surface area contributed by atoms with Gasteiger partial charge in [0.15, 0.2) is 17.0 Å². The van der Waals surface area contributed by atoms with E-state index in [0.717, 1.165) is 26.8 Å². The van der Waals surface area contributed by atoms with Gasteiger partial charge in [0.25, 0.3) is 5.91 Å². The van der Waals surface area contributed by atoms with Crippen molar-refractivity contribution in [1.82, 2.24) is 5.32 Å². The maximum absolute atomic E-state index is 12.6. The quantitative estimate of drug-likeness (QED) is 0.209. The van der Waals surface area contributed by atoms with Crippen molar-refractivity contribution in [3.05, 3.63) is 91.4 Å². The van der Waals surface area contributed by atoms with Crippen molar-refractivity contribution < 1.29 is 24.2 Å². The minimum Gasteiger partial charge on any atom is -0.493 e. The highest BCUT2D eigenvalue weighted by Crippen LogP contribution is 2.37. The summed E-state index contributed by atoms with van der Waals surface area (Å²) in [5, 5.41) is 15.3. The summed E-state index contributed by atoms with van der Waals surface area (Å²) in [6, 6.07) is 18.5. The summed E-state index contributed by atoms with van der Waals surface area (Å²) in [5.41, 5.74) is 3.83. The van der Waals surface area contributed by atoms with Gasteiger partial charge in [-0.15, -0.1) is 0 Å². The lowest BCUT2D eigenvalue weighted by Gasteiger charge is -2.14. The maximum atomic E-state index is 12.6. The zero-order valence-corrected chi connectivity index (χ0v) is 22.7. The van der Waals surface area contributed by atoms with Crippen LogP contribution < -0.4 is 20.1 Å². The lowest BCUT2D eigenvalue weighted by Crippen LogP contribution is -2.30. The first-order valence-electron chi connectivity index (χ1n) is 11.2. The molecule has 3 aromatic carbocycles. The molecule has 9 heteroatoms. The van der Waals surface area contributed by atoms with Crippen molar-refractivity contribution in [2.75, 3.05) is 12.4 Å². The zero-order chi connectivity index (χ0) is 25.7. The van der Waals surface area contributed by atoms with E-state index in [-0.39, 0.29) is 23.6 Å². The number of carbonyl (C=O) groups excluding carboxylic acids is 1. The van der Waals surface area contributed by atoms with Crippen LogP contribution in [0.15, 0.2) is 65.6 Å². The average molecular weight is 616 g/mol. The van der Waals surface area contributed by atoms with Crippen LogP contribution >= 0.6 is 34.4 Å². The topological polar surface area (TPSA) is 96.9 Å². The number of ether oxygens (including phenoxy) is 2. The average Bonchev–Trinajstić information content (AvgIpc) is 3.21. The predicted octanol–water partition coefficient (Wildman–Crippen LogP) is 5.74. The number of carboxylic acid groups (broad SMARTS) is 1. The van der Waals surface area contributed by atoms with Crippen LogP contribution in [-0.2, 0) is 17.8 Å². The lowest BCUT2D eigenvalue weighted by molar-refractivity contribution is -0.116. The van der Waals surface area contributed by atoms with Crippen molar-refractivity contribution in [3.63, 3.8) is 0 Å². The largest absolute Gasteiger partial charge is 0.493 e. The van der Waals surface area contributed by atoms with Crippen LogP contribution in [0.4, 0.5) is 5.69 Å². The van der Waals surface area contributed by atoms with Crippen LogP contribution in [0.1, 0.15) is 34.0 Å². The molecule has 3 aromatic rings. The summed E-state index contributed by atoms with van der Waals surface area (Å²) in [6.07, 6.45) is 2.81. The number of nitrogens with one attached hydrogen (secondary N) is 2. The summed E-state index contributed by atoms with van der Waals surface area (Å²) >= 11 is 3.60. The SMILES string of the molecule is CCc1ccc(N[C@H]2NC(=O)/C(=C/c3cc(I)c(OCc4ccc(C(=O)O)cc4)c(OC)c3)S2)cc1. The number of amides is 1. The second-order valence-corrected chi connectivity index (χ2v) is 10.3. The van der Waals surface area contributed by atoms with Crippen LogP contribution in [0.25, 0.3) is 6.08 Å². The van der Waals surface area contributed by atoms with Gasteiger partial charge < -0.3 is 25.2 Å². The van der Waals surface area contributed by atoms with Crippen LogP contribution in [-0.4, -0.2) is 29.6 Å². The van der Waals surface area contributed by atoms with Gasteiger partial charge in [0.2, 0.25) is 0 Å². The van der Waals surface area contributed by atoms with E-state index in [9.17, 15) is 9.59 Å². The van der Waals surface area contributed by atoms with Gasteiger partial charge in [-0.2, -0.15) is 0 Å². The molecule has 4 rings (SSSR count). The Bertz CT molecular complexity index is 1290. The molecule has 0 spiro atoms. The summed E-state index contributed by atoms with van der Waals surface area (Å²) in [5.74, 6) is 0.0261. The molecule has 1 aliphatic heterocycles. The van der Waals surface area contributed by atoms with Crippen LogP contribution in [0.3, 0.4) is 0 Å². The van der Waals surface area contributed by atoms with E-state index in [1.807, 2.05) is 30.3 Å². The molecule has 1 aliphatic rings. The van der Waals surface area contributed by atoms with Gasteiger partial charge in [-0.1, -0.05) is 43.0 Å². The number of carbonyl (C=O) groups is 2. The number of hydrogen-bond donors (Lipinski definition) is 3. The molecule has 7 nitrogen and oxygen atoms in total. The van der Waals surface area contributed by atoms with E-state index in [1.54, 1.807) is 31.4 Å². The van der Waals surface area contributed by atoms with Crippen molar-refractivity contribution in [2.24, 2.45) is 0 Å². The third-order valence-electron chi connectivity index (χ3n) is 5.52. The Labute approximate surface area is 227 Å². The molecular weight excluding hydrogens is 591 g/mol. The van der Waals surface area contributed by atoms with Crippen LogP contribution in [0.2, 0.25) is 0 Å². The number of carboxylic acids is 1. The lowest BCUT2D eigenvalue weighted by atomic mass is 10.1.